The van der Waals surface area contributed by atoms with Crippen LogP contribution in [0.3, 0.4) is 0 Å². The lowest BCUT2D eigenvalue weighted by Crippen LogP contribution is -2.45. The summed E-state index contributed by atoms with van der Waals surface area (Å²) < 4.78 is 5.69. The van der Waals surface area contributed by atoms with Crippen molar-refractivity contribution >= 4 is 17.5 Å². The molecule has 170 valence electrons. The fourth-order valence-electron chi connectivity index (χ4n) is 5.11. The molecular weight excluding hydrogens is 404 g/mol. The molecule has 0 bridgehead atoms. The Hall–Kier alpha value is -2.71. The molecule has 0 aliphatic carbocycles. The molecule has 0 spiro atoms. The minimum atomic E-state index is -0.199. The maximum atomic E-state index is 11.8. The zero-order chi connectivity index (χ0) is 22.1. The molecule has 2 fully saturated rings. The summed E-state index contributed by atoms with van der Waals surface area (Å²) in [7, 11) is 0. The second kappa shape index (κ2) is 9.03. The lowest BCUT2D eigenvalue weighted by Gasteiger charge is -2.38. The molecule has 3 aliphatic heterocycles. The first kappa shape index (κ1) is 21.2. The average Bonchev–Trinajstić information content (AvgIpc) is 3.29. The van der Waals surface area contributed by atoms with Crippen molar-refractivity contribution in [3.8, 4) is 11.4 Å². The van der Waals surface area contributed by atoms with Gasteiger partial charge in [-0.15, -0.1) is 0 Å². The zero-order valence-corrected chi connectivity index (χ0v) is 18.9. The Morgan fingerprint density at radius 2 is 2.03 bits per heavy atom. The van der Waals surface area contributed by atoms with Crippen LogP contribution >= 0.6 is 0 Å². The van der Waals surface area contributed by atoms with Crippen molar-refractivity contribution in [2.75, 3.05) is 49.6 Å². The van der Waals surface area contributed by atoms with Gasteiger partial charge in [0.05, 0.1) is 31.0 Å². The van der Waals surface area contributed by atoms with E-state index < -0.39 is 0 Å². The summed E-state index contributed by atoms with van der Waals surface area (Å²) in [6.45, 7) is 9.26. The fraction of sp³-hybridized carbons (Fsp3) is 0.542. The van der Waals surface area contributed by atoms with Crippen molar-refractivity contribution in [3.63, 3.8) is 0 Å². The van der Waals surface area contributed by atoms with E-state index in [4.69, 9.17) is 14.7 Å². The van der Waals surface area contributed by atoms with Gasteiger partial charge >= 0.3 is 6.03 Å². The number of urea groups is 1. The number of aromatic nitrogens is 2. The van der Waals surface area contributed by atoms with Gasteiger partial charge in [-0.1, -0.05) is 0 Å². The monoisotopic (exact) mass is 436 g/mol. The van der Waals surface area contributed by atoms with Crippen LogP contribution in [0, 0.1) is 0 Å². The second-order valence-electron chi connectivity index (χ2n) is 8.86. The van der Waals surface area contributed by atoms with Crippen LogP contribution in [0.25, 0.3) is 11.4 Å². The largest absolute Gasteiger partial charge is 0.377 e. The molecule has 32 heavy (non-hydrogen) atoms. The average molecular weight is 437 g/mol. The van der Waals surface area contributed by atoms with E-state index in [1.807, 2.05) is 31.2 Å². The first-order chi connectivity index (χ1) is 15.6. The molecule has 1 aromatic carbocycles. The number of benzene rings is 1. The summed E-state index contributed by atoms with van der Waals surface area (Å²) in [5.74, 6) is 1.84. The number of morpholine rings is 1. The van der Waals surface area contributed by atoms with Gasteiger partial charge in [0.2, 0.25) is 0 Å². The van der Waals surface area contributed by atoms with Gasteiger partial charge in [0, 0.05) is 36.4 Å². The van der Waals surface area contributed by atoms with Crippen LogP contribution in [0.15, 0.2) is 24.3 Å². The first-order valence-corrected chi connectivity index (χ1v) is 11.8. The van der Waals surface area contributed by atoms with E-state index in [0.717, 1.165) is 68.6 Å². The maximum absolute atomic E-state index is 11.8. The van der Waals surface area contributed by atoms with Crippen LogP contribution in [-0.2, 0) is 11.2 Å². The van der Waals surface area contributed by atoms with E-state index in [1.54, 1.807) is 0 Å². The minimum Gasteiger partial charge on any atom is -0.377 e. The van der Waals surface area contributed by atoms with Gasteiger partial charge in [-0.2, -0.15) is 0 Å². The predicted molar refractivity (Wildman–Crippen MR) is 125 cm³/mol. The van der Waals surface area contributed by atoms with Gasteiger partial charge in [0.1, 0.15) is 5.82 Å². The Morgan fingerprint density at radius 3 is 2.81 bits per heavy atom. The first-order valence-electron chi connectivity index (χ1n) is 11.8. The Balaban J connectivity index is 1.52. The van der Waals surface area contributed by atoms with Crippen LogP contribution in [0.2, 0.25) is 0 Å². The number of ether oxygens (including phenoxy) is 1. The van der Waals surface area contributed by atoms with Crippen LogP contribution in [0.5, 0.6) is 0 Å². The molecular formula is C24H32N6O2. The van der Waals surface area contributed by atoms with Gasteiger partial charge in [0.15, 0.2) is 5.82 Å². The Bertz CT molecular complexity index is 979. The number of carbonyl (C=O) groups excluding carboxylic acids is 1. The molecule has 1 unspecified atom stereocenters. The topological polar surface area (TPSA) is 82.6 Å². The second-order valence-corrected chi connectivity index (χ2v) is 8.86. The highest BCUT2D eigenvalue weighted by Gasteiger charge is 2.36. The normalized spacial score (nSPS) is 22.9. The molecule has 3 aliphatic rings. The SMILES string of the molecule is CCNC(=O)Nc1ccc(-c2nc3c(c(N4CCOCC4C)n2)CCN2CCC[C@@H]32)cc1. The Morgan fingerprint density at radius 1 is 1.19 bits per heavy atom. The third-order valence-electron chi connectivity index (χ3n) is 6.72. The van der Waals surface area contributed by atoms with E-state index in [1.165, 1.54) is 17.7 Å². The van der Waals surface area contributed by atoms with Crippen molar-refractivity contribution < 1.29 is 9.53 Å². The van der Waals surface area contributed by atoms with Crippen LogP contribution in [0.1, 0.15) is 44.0 Å². The number of amides is 2. The molecule has 2 amide bonds. The molecule has 0 saturated carbocycles. The molecule has 2 saturated heterocycles. The number of carbonyl (C=O) groups is 1. The van der Waals surface area contributed by atoms with Gasteiger partial charge in [-0.3, -0.25) is 4.90 Å². The number of rotatable bonds is 4. The number of hydrogen-bond donors (Lipinski definition) is 2. The number of nitrogens with zero attached hydrogens (tertiary/aromatic N) is 4. The Kier molecular flexibility index (Phi) is 5.97. The summed E-state index contributed by atoms with van der Waals surface area (Å²) >= 11 is 0. The molecule has 8 nitrogen and oxygen atoms in total. The van der Waals surface area contributed by atoms with Gasteiger partial charge < -0.3 is 20.3 Å². The molecule has 8 heteroatoms. The van der Waals surface area contributed by atoms with E-state index in [-0.39, 0.29) is 6.03 Å². The van der Waals surface area contributed by atoms with Crippen molar-refractivity contribution in [2.45, 2.75) is 45.2 Å². The molecule has 2 N–H and O–H groups in total. The van der Waals surface area contributed by atoms with E-state index in [2.05, 4.69) is 27.4 Å². The van der Waals surface area contributed by atoms with Gasteiger partial charge in [-0.05, 0) is 63.9 Å². The maximum Gasteiger partial charge on any atom is 0.319 e. The third kappa shape index (κ3) is 4.04. The number of anilines is 2. The third-order valence-corrected chi connectivity index (χ3v) is 6.72. The predicted octanol–water partition coefficient (Wildman–Crippen LogP) is 3.20. The van der Waals surface area contributed by atoms with Crippen LogP contribution in [0.4, 0.5) is 16.3 Å². The van der Waals surface area contributed by atoms with Crippen molar-refractivity contribution in [2.24, 2.45) is 0 Å². The van der Waals surface area contributed by atoms with E-state index in [0.29, 0.717) is 18.6 Å². The van der Waals surface area contributed by atoms with Gasteiger partial charge in [-0.25, -0.2) is 14.8 Å². The van der Waals surface area contributed by atoms with Crippen molar-refractivity contribution in [1.82, 2.24) is 20.2 Å². The molecule has 1 aromatic heterocycles. The molecule has 2 atom stereocenters. The molecule has 0 radical (unpaired) electrons. The van der Waals surface area contributed by atoms with E-state index in [9.17, 15) is 4.79 Å². The van der Waals surface area contributed by atoms with E-state index >= 15 is 0 Å². The Labute approximate surface area is 189 Å². The minimum absolute atomic E-state index is 0.199. The van der Waals surface area contributed by atoms with Crippen LogP contribution in [-0.4, -0.2) is 66.3 Å². The van der Waals surface area contributed by atoms with Crippen LogP contribution < -0.4 is 15.5 Å². The number of hydrogen-bond acceptors (Lipinski definition) is 6. The summed E-state index contributed by atoms with van der Waals surface area (Å²) in [6, 6.07) is 8.29. The highest BCUT2D eigenvalue weighted by atomic mass is 16.5. The quantitative estimate of drug-likeness (QED) is 0.766. The highest BCUT2D eigenvalue weighted by Crippen LogP contribution is 2.41. The number of nitrogens with one attached hydrogen (secondary N) is 2. The fourth-order valence-corrected chi connectivity index (χ4v) is 5.11. The number of fused-ring (bicyclic) bond motifs is 3. The highest BCUT2D eigenvalue weighted by molar-refractivity contribution is 5.89. The summed E-state index contributed by atoms with van der Waals surface area (Å²) in [4.78, 5) is 27.0. The smallest absolute Gasteiger partial charge is 0.319 e. The summed E-state index contributed by atoms with van der Waals surface area (Å²) in [5, 5.41) is 5.60. The summed E-state index contributed by atoms with van der Waals surface area (Å²) in [6.07, 6.45) is 3.39. The lowest BCUT2D eigenvalue weighted by atomic mass is 9.97. The summed E-state index contributed by atoms with van der Waals surface area (Å²) in [5.41, 5.74) is 4.24. The standard InChI is InChI=1S/C24H32N6O2/c1-3-25-24(31)26-18-8-6-17(7-9-18)22-27-21-19(10-12-29-11-4-5-20(21)29)23(28-22)30-13-14-32-15-16(30)2/h6-9,16,20H,3-5,10-15H2,1-2H3,(H2,25,26,31)/t16?,20-/m0/s1. The van der Waals surface area contributed by atoms with Crippen molar-refractivity contribution in [3.05, 3.63) is 35.5 Å². The van der Waals surface area contributed by atoms with Crippen molar-refractivity contribution in [1.29, 1.82) is 0 Å². The lowest BCUT2D eigenvalue weighted by molar-refractivity contribution is 0.0983. The molecule has 2 aromatic rings. The zero-order valence-electron chi connectivity index (χ0n) is 18.9. The molecule has 4 heterocycles. The van der Waals surface area contributed by atoms with Gasteiger partial charge in [0.25, 0.3) is 0 Å². The molecule has 5 rings (SSSR count).